The minimum Gasteiger partial charge on any atom is -0.394 e. The molecule has 0 aliphatic heterocycles. The number of nitrogens with one attached hydrogen (secondary N) is 2. The van der Waals surface area contributed by atoms with E-state index in [9.17, 15) is 18.3 Å². The highest BCUT2D eigenvalue weighted by molar-refractivity contribution is 7.92. The van der Waals surface area contributed by atoms with Crippen LogP contribution in [0.4, 0.5) is 5.69 Å². The summed E-state index contributed by atoms with van der Waals surface area (Å²) in [4.78, 5) is 12.2. The van der Waals surface area contributed by atoms with Crippen molar-refractivity contribution in [2.75, 3.05) is 11.3 Å². The molecule has 0 spiro atoms. The van der Waals surface area contributed by atoms with Crippen LogP contribution >= 0.6 is 23.2 Å². The lowest BCUT2D eigenvalue weighted by Crippen LogP contribution is -2.36. The predicted octanol–water partition coefficient (Wildman–Crippen LogP) is 3.29. The highest BCUT2D eigenvalue weighted by atomic mass is 35.5. The molecule has 1 amide bonds. The minimum absolute atomic E-state index is 0.0481. The normalized spacial score (nSPS) is 12.5. The third kappa shape index (κ3) is 5.11. The van der Waals surface area contributed by atoms with Gasteiger partial charge in [0.15, 0.2) is 0 Å². The van der Waals surface area contributed by atoms with Crippen molar-refractivity contribution in [1.82, 2.24) is 5.32 Å². The van der Waals surface area contributed by atoms with Gasteiger partial charge in [0.2, 0.25) is 0 Å². The van der Waals surface area contributed by atoms with Gasteiger partial charge >= 0.3 is 0 Å². The van der Waals surface area contributed by atoms with Gasteiger partial charge in [-0.05, 0) is 42.8 Å². The van der Waals surface area contributed by atoms with Gasteiger partial charge in [0.1, 0.15) is 0 Å². The van der Waals surface area contributed by atoms with E-state index in [4.69, 9.17) is 23.2 Å². The van der Waals surface area contributed by atoms with Crippen LogP contribution in [0.2, 0.25) is 10.0 Å². The van der Waals surface area contributed by atoms with E-state index in [1.54, 1.807) is 12.1 Å². The summed E-state index contributed by atoms with van der Waals surface area (Å²) in [6.45, 7) is 1.66. The van der Waals surface area contributed by atoms with E-state index in [0.29, 0.717) is 6.42 Å². The number of carbonyl (C=O) groups excluding carboxylic acids is 1. The quantitative estimate of drug-likeness (QED) is 0.644. The predicted molar refractivity (Wildman–Crippen MR) is 102 cm³/mol. The van der Waals surface area contributed by atoms with E-state index in [1.807, 2.05) is 6.92 Å². The summed E-state index contributed by atoms with van der Waals surface area (Å²) in [7, 11) is -3.89. The third-order valence-electron chi connectivity index (χ3n) is 3.63. The Morgan fingerprint density at radius 3 is 2.50 bits per heavy atom. The monoisotopic (exact) mass is 416 g/mol. The van der Waals surface area contributed by atoms with Gasteiger partial charge in [0, 0.05) is 11.3 Å². The van der Waals surface area contributed by atoms with Crippen molar-refractivity contribution in [1.29, 1.82) is 0 Å². The highest BCUT2D eigenvalue weighted by Crippen LogP contribution is 2.26. The maximum absolute atomic E-state index is 12.5. The first kappa shape index (κ1) is 20.5. The molecule has 0 aliphatic carbocycles. The Labute approximate surface area is 162 Å². The molecule has 26 heavy (non-hydrogen) atoms. The number of halogens is 2. The molecule has 2 aromatic carbocycles. The fourth-order valence-electron chi connectivity index (χ4n) is 2.13. The summed E-state index contributed by atoms with van der Waals surface area (Å²) in [6, 6.07) is 9.65. The highest BCUT2D eigenvalue weighted by Gasteiger charge is 2.17. The van der Waals surface area contributed by atoms with E-state index >= 15 is 0 Å². The Morgan fingerprint density at radius 2 is 1.88 bits per heavy atom. The maximum Gasteiger partial charge on any atom is 0.261 e. The van der Waals surface area contributed by atoms with Crippen molar-refractivity contribution in [3.63, 3.8) is 0 Å². The number of carbonyl (C=O) groups is 1. The van der Waals surface area contributed by atoms with E-state index < -0.39 is 15.9 Å². The Bertz CT molecular complexity index is 899. The van der Waals surface area contributed by atoms with Crippen LogP contribution in [0.3, 0.4) is 0 Å². The number of hydrogen-bond donors (Lipinski definition) is 3. The largest absolute Gasteiger partial charge is 0.394 e. The van der Waals surface area contributed by atoms with Gasteiger partial charge < -0.3 is 10.4 Å². The maximum atomic E-state index is 12.5. The van der Waals surface area contributed by atoms with Gasteiger partial charge in [0.25, 0.3) is 15.9 Å². The Hall–Kier alpha value is -1.80. The first-order chi connectivity index (χ1) is 12.3. The number of rotatable bonds is 7. The molecule has 9 heteroatoms. The summed E-state index contributed by atoms with van der Waals surface area (Å²) in [5.41, 5.74) is 0.493. The van der Waals surface area contributed by atoms with E-state index in [-0.39, 0.29) is 38.8 Å². The first-order valence-electron chi connectivity index (χ1n) is 7.76. The molecule has 1 unspecified atom stereocenters. The van der Waals surface area contributed by atoms with Gasteiger partial charge in [-0.15, -0.1) is 0 Å². The van der Waals surface area contributed by atoms with E-state index in [2.05, 4.69) is 10.0 Å². The average molecular weight is 417 g/mol. The molecule has 0 saturated carbocycles. The number of aliphatic hydroxyl groups is 1. The summed E-state index contributed by atoms with van der Waals surface area (Å²) in [6.07, 6.45) is 0.575. The van der Waals surface area contributed by atoms with Crippen molar-refractivity contribution in [2.45, 2.75) is 24.3 Å². The Morgan fingerprint density at radius 1 is 1.15 bits per heavy atom. The lowest BCUT2D eigenvalue weighted by atomic mass is 10.1. The van der Waals surface area contributed by atoms with Crippen LogP contribution in [-0.2, 0) is 10.0 Å². The molecule has 2 rings (SSSR count). The second-order valence-electron chi connectivity index (χ2n) is 5.52. The van der Waals surface area contributed by atoms with Gasteiger partial charge in [-0.3, -0.25) is 9.52 Å². The summed E-state index contributed by atoms with van der Waals surface area (Å²) < 4.78 is 27.3. The number of anilines is 1. The van der Waals surface area contributed by atoms with Gasteiger partial charge in [-0.1, -0.05) is 36.2 Å². The molecule has 0 radical (unpaired) electrons. The first-order valence-corrected chi connectivity index (χ1v) is 10.0. The second-order valence-corrected chi connectivity index (χ2v) is 8.02. The van der Waals surface area contributed by atoms with Crippen LogP contribution in [0.5, 0.6) is 0 Å². The average Bonchev–Trinajstić information content (AvgIpc) is 2.61. The molecule has 6 nitrogen and oxygen atoms in total. The number of sulfonamides is 1. The zero-order chi connectivity index (χ0) is 19.3. The van der Waals surface area contributed by atoms with Crippen LogP contribution in [-0.4, -0.2) is 32.1 Å². The minimum atomic E-state index is -3.89. The van der Waals surface area contributed by atoms with Crippen molar-refractivity contribution in [3.8, 4) is 0 Å². The van der Waals surface area contributed by atoms with Crippen LogP contribution in [0.1, 0.15) is 23.7 Å². The topological polar surface area (TPSA) is 95.5 Å². The third-order valence-corrected chi connectivity index (χ3v) is 5.74. The summed E-state index contributed by atoms with van der Waals surface area (Å²) in [5, 5.41) is 12.2. The molecule has 0 heterocycles. The number of benzene rings is 2. The molecule has 0 fully saturated rings. The molecule has 0 aliphatic rings. The van der Waals surface area contributed by atoms with Crippen molar-refractivity contribution in [3.05, 3.63) is 58.1 Å². The molecule has 1 atom stereocenters. The molecule has 0 saturated heterocycles. The van der Waals surface area contributed by atoms with Crippen molar-refractivity contribution in [2.24, 2.45) is 0 Å². The molecule has 0 aromatic heterocycles. The number of aliphatic hydroxyl groups excluding tert-OH is 1. The number of hydrogen-bond acceptors (Lipinski definition) is 4. The molecule has 3 N–H and O–H groups in total. The molecule has 0 bridgehead atoms. The lowest BCUT2D eigenvalue weighted by molar-refractivity contribution is 0.0915. The van der Waals surface area contributed by atoms with E-state index in [1.165, 1.54) is 30.3 Å². The molecular formula is C17H18Cl2N2O4S. The standard InChI is InChI=1S/C17H18Cl2N2O4S/c1-2-12(10-22)20-17(23)11-4-3-5-13(8-11)21-26(24,25)14-6-7-15(18)16(19)9-14/h3-9,12,21-22H,2,10H2,1H3,(H,20,23). The smallest absolute Gasteiger partial charge is 0.261 e. The van der Waals surface area contributed by atoms with Crippen molar-refractivity contribution < 1.29 is 18.3 Å². The van der Waals surface area contributed by atoms with Crippen LogP contribution in [0.15, 0.2) is 47.4 Å². The summed E-state index contributed by atoms with van der Waals surface area (Å²) in [5.74, 6) is -0.401. The van der Waals surface area contributed by atoms with Gasteiger partial charge in [0.05, 0.1) is 27.6 Å². The SMILES string of the molecule is CCC(CO)NC(=O)c1cccc(NS(=O)(=O)c2ccc(Cl)c(Cl)c2)c1. The molecular weight excluding hydrogens is 399 g/mol. The zero-order valence-corrected chi connectivity index (χ0v) is 16.2. The molecule has 2 aromatic rings. The number of amides is 1. The van der Waals surface area contributed by atoms with Crippen LogP contribution < -0.4 is 10.0 Å². The fraction of sp³-hybridized carbons (Fsp3) is 0.235. The van der Waals surface area contributed by atoms with Crippen molar-refractivity contribution >= 4 is 44.8 Å². The van der Waals surface area contributed by atoms with Gasteiger partial charge in [-0.25, -0.2) is 8.42 Å². The van der Waals surface area contributed by atoms with Gasteiger partial charge in [-0.2, -0.15) is 0 Å². The zero-order valence-electron chi connectivity index (χ0n) is 13.9. The Balaban J connectivity index is 2.22. The Kier molecular flexibility index (Phi) is 6.88. The summed E-state index contributed by atoms with van der Waals surface area (Å²) >= 11 is 11.7. The van der Waals surface area contributed by atoms with Crippen LogP contribution in [0.25, 0.3) is 0 Å². The molecule has 140 valence electrons. The lowest BCUT2D eigenvalue weighted by Gasteiger charge is -2.15. The second kappa shape index (κ2) is 8.73. The van der Waals surface area contributed by atoms with E-state index in [0.717, 1.165) is 0 Å². The van der Waals surface area contributed by atoms with Crippen LogP contribution in [0, 0.1) is 0 Å². The fourth-order valence-corrected chi connectivity index (χ4v) is 3.57.